The molecule has 1 saturated heterocycles. The first-order valence-corrected chi connectivity index (χ1v) is 14.5. The quantitative estimate of drug-likeness (QED) is 0.176. The third-order valence-corrected chi connectivity index (χ3v) is 5.24. The Morgan fingerprint density at radius 3 is 2.05 bits per heavy atom. The minimum absolute atomic E-state index is 0.205. The molecular formula is C31H51FN8. The molecule has 1 aliphatic rings. The van der Waals surface area contributed by atoms with Gasteiger partial charge in [-0.05, 0) is 49.9 Å². The lowest BCUT2D eigenvalue weighted by molar-refractivity contribution is 0.312. The average Bonchev–Trinajstić information content (AvgIpc) is 3.48. The molecule has 222 valence electrons. The molecule has 4 aromatic rings. The normalized spacial score (nSPS) is 11.9. The minimum Gasteiger partial charge on any atom is -0.399 e. The lowest BCUT2D eigenvalue weighted by Crippen LogP contribution is -2.44. The lowest BCUT2D eigenvalue weighted by Gasteiger charge is -2.33. The van der Waals surface area contributed by atoms with Crippen molar-refractivity contribution in [2.45, 2.75) is 62.3 Å². The molecule has 40 heavy (non-hydrogen) atoms. The molecule has 9 heteroatoms. The highest BCUT2D eigenvalue weighted by Gasteiger charge is 2.15. The number of rotatable bonds is 3. The van der Waals surface area contributed by atoms with E-state index >= 15 is 0 Å². The summed E-state index contributed by atoms with van der Waals surface area (Å²) >= 11 is 0. The van der Waals surface area contributed by atoms with E-state index in [1.54, 1.807) is 18.5 Å². The van der Waals surface area contributed by atoms with Crippen LogP contribution in [0.3, 0.4) is 0 Å². The van der Waals surface area contributed by atoms with Crippen molar-refractivity contribution < 1.29 is 4.39 Å². The van der Waals surface area contributed by atoms with Crippen LogP contribution >= 0.6 is 0 Å². The van der Waals surface area contributed by atoms with E-state index < -0.39 is 5.95 Å². The van der Waals surface area contributed by atoms with Crippen molar-refractivity contribution in [2.24, 2.45) is 0 Å². The monoisotopic (exact) mass is 554 g/mol. The van der Waals surface area contributed by atoms with Gasteiger partial charge in [-0.25, -0.2) is 4.98 Å². The fourth-order valence-electron chi connectivity index (χ4n) is 3.44. The molecular weight excluding hydrogens is 503 g/mol. The first-order chi connectivity index (χ1) is 19.5. The zero-order chi connectivity index (χ0) is 30.5. The Hall–Kier alpha value is -3.72. The molecule has 0 spiro atoms. The summed E-state index contributed by atoms with van der Waals surface area (Å²) in [6.07, 6.45) is 3.35. The standard InChI is InChI=1S/C16H18FN7.C7H9N.4C2H6/c1-23-6-8-24(9-7-23)13-3-2-11(10-19-13)20-16-21-14(17)12-4-5-18-15(12)22-16;1-6-3-2-4-7(8)5-6;4*1-2/h2-5,10H,6-9H2,1H3,(H2,18,20,21,22);2-5H,8H2,1H3;4*1-2H3. The first kappa shape index (κ1) is 36.3. The summed E-state index contributed by atoms with van der Waals surface area (Å²) in [6.45, 7) is 22.0. The fourth-order valence-corrected chi connectivity index (χ4v) is 3.44. The Balaban J connectivity index is 0.000000797. The zero-order valence-electron chi connectivity index (χ0n) is 26.2. The van der Waals surface area contributed by atoms with E-state index in [-0.39, 0.29) is 5.95 Å². The molecule has 1 aromatic carbocycles. The SMILES string of the molecule is CC.CC.CC.CC.CN1CCN(c2ccc(Nc3nc(F)c4cc[nH]c4n3)cn2)CC1.Cc1cccc(N)c1. The van der Waals surface area contributed by atoms with Crippen LogP contribution in [-0.4, -0.2) is 58.1 Å². The number of pyridine rings is 1. The van der Waals surface area contributed by atoms with Crippen molar-refractivity contribution in [3.63, 3.8) is 0 Å². The largest absolute Gasteiger partial charge is 0.399 e. The van der Waals surface area contributed by atoms with Gasteiger partial charge in [-0.3, -0.25) is 0 Å². The molecule has 8 nitrogen and oxygen atoms in total. The number of anilines is 4. The maximum absolute atomic E-state index is 13.9. The summed E-state index contributed by atoms with van der Waals surface area (Å²) in [4.78, 5) is 20.0. The number of halogens is 1. The number of hydrogen-bond acceptors (Lipinski definition) is 7. The Morgan fingerprint density at radius 1 is 0.875 bits per heavy atom. The molecule has 5 rings (SSSR count). The zero-order valence-corrected chi connectivity index (χ0v) is 26.2. The van der Waals surface area contributed by atoms with Gasteiger partial charge in [0.25, 0.3) is 0 Å². The molecule has 3 aromatic heterocycles. The topological polar surface area (TPSA) is 99.0 Å². The number of nitrogens with one attached hydrogen (secondary N) is 2. The molecule has 0 unspecified atom stereocenters. The Kier molecular flexibility index (Phi) is 19.2. The highest BCUT2D eigenvalue weighted by Crippen LogP contribution is 2.20. The van der Waals surface area contributed by atoms with Crippen molar-refractivity contribution in [3.8, 4) is 0 Å². The smallest absolute Gasteiger partial charge is 0.231 e. The minimum atomic E-state index is -0.550. The van der Waals surface area contributed by atoms with Gasteiger partial charge in [-0.1, -0.05) is 67.5 Å². The highest BCUT2D eigenvalue weighted by atomic mass is 19.1. The number of hydrogen-bond donors (Lipinski definition) is 3. The van der Waals surface area contributed by atoms with Crippen LogP contribution in [0.2, 0.25) is 0 Å². The molecule has 0 atom stereocenters. The van der Waals surface area contributed by atoms with Crippen LogP contribution in [0.4, 0.5) is 27.5 Å². The maximum Gasteiger partial charge on any atom is 0.231 e. The summed E-state index contributed by atoms with van der Waals surface area (Å²) < 4.78 is 13.9. The second-order valence-electron chi connectivity index (χ2n) is 7.81. The molecule has 0 aliphatic carbocycles. The van der Waals surface area contributed by atoms with E-state index in [1.807, 2.05) is 98.7 Å². The summed E-state index contributed by atoms with van der Waals surface area (Å²) in [7, 11) is 2.12. The van der Waals surface area contributed by atoms with Gasteiger partial charge in [-0.15, -0.1) is 0 Å². The Morgan fingerprint density at radius 2 is 1.52 bits per heavy atom. The number of nitrogens with zero attached hydrogens (tertiary/aromatic N) is 5. The predicted molar refractivity (Wildman–Crippen MR) is 172 cm³/mol. The summed E-state index contributed by atoms with van der Waals surface area (Å²) in [6, 6.07) is 13.3. The van der Waals surface area contributed by atoms with Gasteiger partial charge < -0.3 is 25.8 Å². The molecule has 0 amide bonds. The van der Waals surface area contributed by atoms with Crippen LogP contribution in [-0.2, 0) is 0 Å². The van der Waals surface area contributed by atoms with Crippen LogP contribution in [0.25, 0.3) is 11.0 Å². The van der Waals surface area contributed by atoms with Gasteiger partial charge in [0, 0.05) is 38.1 Å². The number of H-pyrrole nitrogens is 1. The molecule has 0 bridgehead atoms. The molecule has 4 N–H and O–H groups in total. The van der Waals surface area contributed by atoms with Gasteiger partial charge in [0.15, 0.2) is 0 Å². The van der Waals surface area contributed by atoms with Gasteiger partial charge >= 0.3 is 0 Å². The van der Waals surface area contributed by atoms with Crippen molar-refractivity contribution >= 4 is 34.2 Å². The number of piperazine rings is 1. The molecule has 1 aliphatic heterocycles. The maximum atomic E-state index is 13.9. The first-order valence-electron chi connectivity index (χ1n) is 14.5. The van der Waals surface area contributed by atoms with E-state index in [0.717, 1.165) is 43.4 Å². The van der Waals surface area contributed by atoms with Gasteiger partial charge in [0.2, 0.25) is 11.9 Å². The third kappa shape index (κ3) is 12.0. The number of aromatic nitrogens is 4. The van der Waals surface area contributed by atoms with Crippen LogP contribution in [0, 0.1) is 12.9 Å². The van der Waals surface area contributed by atoms with Crippen molar-refractivity contribution in [2.75, 3.05) is 49.2 Å². The van der Waals surface area contributed by atoms with E-state index in [9.17, 15) is 4.39 Å². The number of nitrogen functional groups attached to an aromatic ring is 1. The molecule has 1 fully saturated rings. The number of likely N-dealkylation sites (N-methyl/N-ethyl adjacent to an activating group) is 1. The van der Waals surface area contributed by atoms with Crippen molar-refractivity contribution in [1.82, 2.24) is 24.8 Å². The number of benzene rings is 1. The molecule has 0 saturated carbocycles. The van der Waals surface area contributed by atoms with E-state index in [0.29, 0.717) is 11.0 Å². The highest BCUT2D eigenvalue weighted by molar-refractivity contribution is 5.76. The Labute approximate surface area is 241 Å². The van der Waals surface area contributed by atoms with Gasteiger partial charge in [0.05, 0.1) is 17.3 Å². The summed E-state index contributed by atoms with van der Waals surface area (Å²) in [5, 5.41) is 3.37. The van der Waals surface area contributed by atoms with Gasteiger partial charge in [0.1, 0.15) is 11.5 Å². The predicted octanol–water partition coefficient (Wildman–Crippen LogP) is 7.67. The van der Waals surface area contributed by atoms with Crippen LogP contribution in [0.5, 0.6) is 0 Å². The van der Waals surface area contributed by atoms with Crippen LogP contribution in [0.1, 0.15) is 61.0 Å². The lowest BCUT2D eigenvalue weighted by atomic mass is 10.2. The van der Waals surface area contributed by atoms with Gasteiger partial charge in [-0.2, -0.15) is 14.4 Å². The van der Waals surface area contributed by atoms with Crippen molar-refractivity contribution in [1.29, 1.82) is 0 Å². The average molecular weight is 555 g/mol. The van der Waals surface area contributed by atoms with E-state index in [1.165, 1.54) is 5.56 Å². The van der Waals surface area contributed by atoms with E-state index in [4.69, 9.17) is 5.73 Å². The second-order valence-corrected chi connectivity index (χ2v) is 7.81. The summed E-state index contributed by atoms with van der Waals surface area (Å²) in [5.41, 5.74) is 8.69. The summed E-state index contributed by atoms with van der Waals surface area (Å²) in [5.74, 6) is 0.600. The van der Waals surface area contributed by atoms with E-state index in [2.05, 4.69) is 42.1 Å². The number of aromatic amines is 1. The third-order valence-electron chi connectivity index (χ3n) is 5.24. The van der Waals surface area contributed by atoms with Crippen LogP contribution in [0.15, 0.2) is 54.9 Å². The molecule has 4 heterocycles. The fraction of sp³-hybridized carbons (Fsp3) is 0.452. The second kappa shape index (κ2) is 21.1. The number of aryl methyl sites for hydroxylation is 1. The molecule has 0 radical (unpaired) electrons. The van der Waals surface area contributed by atoms with Crippen LogP contribution < -0.4 is 16.0 Å². The Bertz CT molecular complexity index is 1150. The number of nitrogens with two attached hydrogens (primary N) is 1. The number of fused-ring (bicyclic) bond motifs is 1. The van der Waals surface area contributed by atoms with Crippen molar-refractivity contribution in [3.05, 3.63) is 66.4 Å².